The predicted molar refractivity (Wildman–Crippen MR) is 73.9 cm³/mol. The minimum absolute atomic E-state index is 0.0563. The van der Waals surface area contributed by atoms with E-state index < -0.39 is 15.9 Å². The SMILES string of the molecule is CCC(C#N)C(=O)NCCc1ccc(S(N)(=O)=O)cc1. The van der Waals surface area contributed by atoms with Gasteiger partial charge in [0.15, 0.2) is 0 Å². The van der Waals surface area contributed by atoms with Gasteiger partial charge in [0.2, 0.25) is 15.9 Å². The van der Waals surface area contributed by atoms with Crippen LogP contribution >= 0.6 is 0 Å². The van der Waals surface area contributed by atoms with E-state index in [-0.39, 0.29) is 10.8 Å². The molecule has 20 heavy (non-hydrogen) atoms. The summed E-state index contributed by atoms with van der Waals surface area (Å²) in [5.41, 5.74) is 0.878. The molecule has 1 aromatic carbocycles. The third-order valence-corrected chi connectivity index (χ3v) is 3.77. The number of carbonyl (C=O) groups excluding carboxylic acids is 1. The quantitative estimate of drug-likeness (QED) is 0.797. The summed E-state index contributed by atoms with van der Waals surface area (Å²) in [6, 6.07) is 8.08. The van der Waals surface area contributed by atoms with Crippen LogP contribution in [0.4, 0.5) is 0 Å². The van der Waals surface area contributed by atoms with Crippen LogP contribution in [0.15, 0.2) is 29.2 Å². The van der Waals surface area contributed by atoms with E-state index >= 15 is 0 Å². The van der Waals surface area contributed by atoms with Gasteiger partial charge in [-0.15, -0.1) is 0 Å². The van der Waals surface area contributed by atoms with Crippen LogP contribution in [0.3, 0.4) is 0 Å². The highest BCUT2D eigenvalue weighted by molar-refractivity contribution is 7.89. The Morgan fingerprint density at radius 3 is 2.45 bits per heavy atom. The Labute approximate surface area is 118 Å². The minimum atomic E-state index is -3.68. The van der Waals surface area contributed by atoms with Gasteiger partial charge in [-0.05, 0) is 30.5 Å². The summed E-state index contributed by atoms with van der Waals surface area (Å²) in [5, 5.41) is 16.4. The summed E-state index contributed by atoms with van der Waals surface area (Å²) in [6.07, 6.45) is 1.03. The van der Waals surface area contributed by atoms with E-state index in [0.29, 0.717) is 19.4 Å². The molecule has 0 bridgehead atoms. The molecule has 0 saturated heterocycles. The van der Waals surface area contributed by atoms with Crippen molar-refractivity contribution >= 4 is 15.9 Å². The average molecular weight is 295 g/mol. The van der Waals surface area contributed by atoms with Crippen molar-refractivity contribution in [2.24, 2.45) is 11.1 Å². The van der Waals surface area contributed by atoms with Gasteiger partial charge >= 0.3 is 0 Å². The van der Waals surface area contributed by atoms with Gasteiger partial charge in [-0.1, -0.05) is 19.1 Å². The van der Waals surface area contributed by atoms with E-state index in [9.17, 15) is 13.2 Å². The zero-order valence-electron chi connectivity index (χ0n) is 11.2. The normalized spacial score (nSPS) is 12.4. The fraction of sp³-hybridized carbons (Fsp3) is 0.385. The fourth-order valence-electron chi connectivity index (χ4n) is 1.63. The lowest BCUT2D eigenvalue weighted by atomic mass is 10.1. The lowest BCUT2D eigenvalue weighted by Gasteiger charge is -2.08. The minimum Gasteiger partial charge on any atom is -0.355 e. The third-order valence-electron chi connectivity index (χ3n) is 2.85. The zero-order chi connectivity index (χ0) is 15.2. The molecule has 0 aromatic heterocycles. The molecule has 0 fully saturated rings. The zero-order valence-corrected chi connectivity index (χ0v) is 12.0. The van der Waals surface area contributed by atoms with E-state index in [0.717, 1.165) is 5.56 Å². The van der Waals surface area contributed by atoms with Crippen LogP contribution in [-0.2, 0) is 21.2 Å². The molecule has 0 aliphatic rings. The molecule has 1 aromatic rings. The number of nitrogens with one attached hydrogen (secondary N) is 1. The molecular weight excluding hydrogens is 278 g/mol. The number of carbonyl (C=O) groups is 1. The van der Waals surface area contributed by atoms with Gasteiger partial charge in [-0.2, -0.15) is 5.26 Å². The number of hydrogen-bond donors (Lipinski definition) is 2. The van der Waals surface area contributed by atoms with Crippen molar-refractivity contribution in [3.8, 4) is 6.07 Å². The summed E-state index contributed by atoms with van der Waals surface area (Å²) in [4.78, 5) is 11.6. The van der Waals surface area contributed by atoms with Gasteiger partial charge in [0.05, 0.1) is 11.0 Å². The van der Waals surface area contributed by atoms with Crippen molar-refractivity contribution in [2.45, 2.75) is 24.7 Å². The summed E-state index contributed by atoms with van der Waals surface area (Å²) >= 11 is 0. The number of amides is 1. The number of sulfonamides is 1. The summed E-state index contributed by atoms with van der Waals surface area (Å²) in [7, 11) is -3.68. The molecule has 1 unspecified atom stereocenters. The summed E-state index contributed by atoms with van der Waals surface area (Å²) in [6.45, 7) is 2.17. The van der Waals surface area contributed by atoms with Gasteiger partial charge in [0.1, 0.15) is 5.92 Å². The van der Waals surface area contributed by atoms with Crippen molar-refractivity contribution in [1.29, 1.82) is 5.26 Å². The Morgan fingerprint density at radius 2 is 2.00 bits per heavy atom. The first kappa shape index (κ1) is 16.1. The van der Waals surface area contributed by atoms with Crippen LogP contribution in [0, 0.1) is 17.2 Å². The Hall–Kier alpha value is -1.91. The smallest absolute Gasteiger partial charge is 0.238 e. The molecule has 0 spiro atoms. The number of benzene rings is 1. The van der Waals surface area contributed by atoms with Crippen LogP contribution in [0.2, 0.25) is 0 Å². The number of rotatable bonds is 6. The van der Waals surface area contributed by atoms with E-state index in [1.165, 1.54) is 12.1 Å². The maximum absolute atomic E-state index is 11.6. The van der Waals surface area contributed by atoms with Crippen molar-refractivity contribution < 1.29 is 13.2 Å². The number of hydrogen-bond acceptors (Lipinski definition) is 4. The van der Waals surface area contributed by atoms with Crippen LogP contribution in [0.1, 0.15) is 18.9 Å². The van der Waals surface area contributed by atoms with Crippen molar-refractivity contribution in [1.82, 2.24) is 5.32 Å². The van der Waals surface area contributed by atoms with Crippen LogP contribution in [0.25, 0.3) is 0 Å². The molecule has 0 radical (unpaired) electrons. The molecule has 6 nitrogen and oxygen atoms in total. The number of nitrogens with zero attached hydrogens (tertiary/aromatic N) is 1. The second kappa shape index (κ2) is 7.03. The predicted octanol–water partition coefficient (Wildman–Crippen LogP) is 0.542. The van der Waals surface area contributed by atoms with Gasteiger partial charge in [-0.3, -0.25) is 4.79 Å². The Bertz CT molecular complexity index is 603. The molecule has 0 heterocycles. The monoisotopic (exact) mass is 295 g/mol. The second-order valence-corrected chi connectivity index (χ2v) is 5.88. The van der Waals surface area contributed by atoms with Gasteiger partial charge in [0, 0.05) is 6.54 Å². The van der Waals surface area contributed by atoms with Gasteiger partial charge < -0.3 is 5.32 Å². The lowest BCUT2D eigenvalue weighted by Crippen LogP contribution is -2.31. The summed E-state index contributed by atoms with van der Waals surface area (Å²) < 4.78 is 22.2. The fourth-order valence-corrected chi connectivity index (χ4v) is 2.15. The molecule has 108 valence electrons. The first-order valence-electron chi connectivity index (χ1n) is 6.17. The van der Waals surface area contributed by atoms with E-state index in [4.69, 9.17) is 10.4 Å². The molecule has 7 heteroatoms. The van der Waals surface area contributed by atoms with Crippen molar-refractivity contribution in [2.75, 3.05) is 6.54 Å². The highest BCUT2D eigenvalue weighted by atomic mass is 32.2. The Morgan fingerprint density at radius 1 is 1.40 bits per heavy atom. The van der Waals surface area contributed by atoms with E-state index in [1.54, 1.807) is 19.1 Å². The van der Waals surface area contributed by atoms with Crippen molar-refractivity contribution in [3.05, 3.63) is 29.8 Å². The van der Waals surface area contributed by atoms with E-state index in [2.05, 4.69) is 5.32 Å². The summed E-state index contributed by atoms with van der Waals surface area (Å²) in [5.74, 6) is -0.907. The molecule has 0 saturated carbocycles. The second-order valence-electron chi connectivity index (χ2n) is 4.32. The maximum Gasteiger partial charge on any atom is 0.238 e. The lowest BCUT2D eigenvalue weighted by molar-refractivity contribution is -0.123. The molecule has 1 rings (SSSR count). The highest BCUT2D eigenvalue weighted by Crippen LogP contribution is 2.09. The Balaban J connectivity index is 2.52. The first-order valence-corrected chi connectivity index (χ1v) is 7.72. The van der Waals surface area contributed by atoms with Crippen LogP contribution in [-0.4, -0.2) is 20.9 Å². The van der Waals surface area contributed by atoms with Crippen LogP contribution < -0.4 is 10.5 Å². The molecule has 0 aliphatic heterocycles. The molecule has 1 atom stereocenters. The van der Waals surface area contributed by atoms with E-state index in [1.807, 2.05) is 6.07 Å². The molecular formula is C13H17N3O3S. The van der Waals surface area contributed by atoms with Gasteiger partial charge in [-0.25, -0.2) is 13.6 Å². The number of primary sulfonamides is 1. The number of nitriles is 1. The topological polar surface area (TPSA) is 113 Å². The third kappa shape index (κ3) is 4.64. The highest BCUT2D eigenvalue weighted by Gasteiger charge is 2.14. The standard InChI is InChI=1S/C13H17N3O3S/c1-2-11(9-14)13(17)16-8-7-10-3-5-12(6-4-10)20(15,18)19/h3-6,11H,2,7-8H2,1H3,(H,16,17)(H2,15,18,19). The Kier molecular flexibility index (Phi) is 5.67. The van der Waals surface area contributed by atoms with Gasteiger partial charge in [0.25, 0.3) is 0 Å². The maximum atomic E-state index is 11.6. The molecule has 3 N–H and O–H groups in total. The molecule has 1 amide bonds. The largest absolute Gasteiger partial charge is 0.355 e. The number of nitrogens with two attached hydrogens (primary N) is 1. The molecule has 0 aliphatic carbocycles. The average Bonchev–Trinajstić information content (AvgIpc) is 2.39. The first-order chi connectivity index (χ1) is 9.38. The van der Waals surface area contributed by atoms with Crippen LogP contribution in [0.5, 0.6) is 0 Å². The van der Waals surface area contributed by atoms with Crippen molar-refractivity contribution in [3.63, 3.8) is 0 Å².